The SMILES string of the molecule is CSCCC(=O)Nc1nc(Cl)ccc1[N+](=O)[O-]. The van der Waals surface area contributed by atoms with Crippen molar-refractivity contribution in [3.05, 3.63) is 27.4 Å². The predicted octanol–water partition coefficient (Wildman–Crippen LogP) is 2.33. The summed E-state index contributed by atoms with van der Waals surface area (Å²) in [4.78, 5) is 25.2. The second-order valence-corrected chi connectivity index (χ2v) is 4.42. The van der Waals surface area contributed by atoms with Crippen LogP contribution in [0.25, 0.3) is 0 Å². The van der Waals surface area contributed by atoms with E-state index in [2.05, 4.69) is 10.3 Å². The number of hydrogen-bond donors (Lipinski definition) is 1. The Morgan fingerprint density at radius 3 is 2.94 bits per heavy atom. The molecule has 1 rings (SSSR count). The second kappa shape index (κ2) is 6.41. The molecular formula is C9H10ClN3O3S. The van der Waals surface area contributed by atoms with Crippen molar-refractivity contribution in [2.45, 2.75) is 6.42 Å². The van der Waals surface area contributed by atoms with Crippen molar-refractivity contribution in [3.63, 3.8) is 0 Å². The number of nitrogens with zero attached hydrogens (tertiary/aromatic N) is 2. The lowest BCUT2D eigenvalue weighted by Crippen LogP contribution is -2.14. The number of hydrogen-bond acceptors (Lipinski definition) is 5. The van der Waals surface area contributed by atoms with Gasteiger partial charge in [0.25, 0.3) is 0 Å². The quantitative estimate of drug-likeness (QED) is 0.506. The van der Waals surface area contributed by atoms with Crippen molar-refractivity contribution in [3.8, 4) is 0 Å². The average molecular weight is 276 g/mol. The first-order valence-electron chi connectivity index (χ1n) is 4.64. The number of pyridine rings is 1. The van der Waals surface area contributed by atoms with Crippen molar-refractivity contribution in [1.29, 1.82) is 0 Å². The number of nitro groups is 1. The van der Waals surface area contributed by atoms with Crippen LogP contribution in [0.1, 0.15) is 6.42 Å². The molecule has 0 saturated carbocycles. The van der Waals surface area contributed by atoms with Crippen LogP contribution in [-0.4, -0.2) is 27.8 Å². The van der Waals surface area contributed by atoms with Crippen LogP contribution >= 0.6 is 23.4 Å². The van der Waals surface area contributed by atoms with Gasteiger partial charge < -0.3 is 5.32 Å². The topological polar surface area (TPSA) is 85.1 Å². The van der Waals surface area contributed by atoms with E-state index in [9.17, 15) is 14.9 Å². The highest BCUT2D eigenvalue weighted by atomic mass is 35.5. The van der Waals surface area contributed by atoms with Gasteiger partial charge in [0.15, 0.2) is 0 Å². The fraction of sp³-hybridized carbons (Fsp3) is 0.333. The van der Waals surface area contributed by atoms with Gasteiger partial charge in [-0.1, -0.05) is 11.6 Å². The van der Waals surface area contributed by atoms with E-state index in [1.54, 1.807) is 0 Å². The molecule has 0 aliphatic rings. The molecule has 6 nitrogen and oxygen atoms in total. The number of thioether (sulfide) groups is 1. The molecule has 0 bridgehead atoms. The number of carbonyl (C=O) groups excluding carboxylic acids is 1. The Bertz CT molecular complexity index is 441. The van der Waals surface area contributed by atoms with E-state index in [0.717, 1.165) is 0 Å². The molecule has 17 heavy (non-hydrogen) atoms. The van der Waals surface area contributed by atoms with Crippen LogP contribution in [0.4, 0.5) is 11.5 Å². The Kier molecular flexibility index (Phi) is 5.17. The minimum atomic E-state index is -0.618. The van der Waals surface area contributed by atoms with Crippen molar-refractivity contribution >= 4 is 40.8 Å². The van der Waals surface area contributed by atoms with Gasteiger partial charge in [0.1, 0.15) is 5.15 Å². The molecule has 0 fully saturated rings. The van der Waals surface area contributed by atoms with Crippen molar-refractivity contribution in [2.24, 2.45) is 0 Å². The lowest BCUT2D eigenvalue weighted by molar-refractivity contribution is -0.384. The van der Waals surface area contributed by atoms with Gasteiger partial charge in [-0.25, -0.2) is 4.98 Å². The Labute approximate surface area is 107 Å². The first kappa shape index (κ1) is 13.7. The number of amides is 1. The zero-order chi connectivity index (χ0) is 12.8. The minimum Gasteiger partial charge on any atom is -0.305 e. The molecule has 1 aromatic heterocycles. The fourth-order valence-corrected chi connectivity index (χ4v) is 1.59. The number of carbonyl (C=O) groups is 1. The molecule has 0 aliphatic heterocycles. The standard InChI is InChI=1S/C9H10ClN3O3S/c1-17-5-4-8(14)12-9-6(13(15)16)2-3-7(10)11-9/h2-3H,4-5H2,1H3,(H,11,12,14). The third-order valence-corrected chi connectivity index (χ3v) is 2.65. The summed E-state index contributed by atoms with van der Waals surface area (Å²) in [5, 5.41) is 13.2. The zero-order valence-corrected chi connectivity index (χ0v) is 10.5. The highest BCUT2D eigenvalue weighted by molar-refractivity contribution is 7.98. The van der Waals surface area contributed by atoms with E-state index in [1.165, 1.54) is 23.9 Å². The van der Waals surface area contributed by atoms with Crippen molar-refractivity contribution in [1.82, 2.24) is 4.98 Å². The molecule has 0 saturated heterocycles. The van der Waals surface area contributed by atoms with Crippen LogP contribution < -0.4 is 5.32 Å². The average Bonchev–Trinajstić information content (AvgIpc) is 2.26. The highest BCUT2D eigenvalue weighted by Crippen LogP contribution is 2.23. The van der Waals surface area contributed by atoms with Crippen LogP contribution in [0, 0.1) is 10.1 Å². The molecule has 0 aromatic carbocycles. The van der Waals surface area contributed by atoms with Gasteiger partial charge >= 0.3 is 5.69 Å². The van der Waals surface area contributed by atoms with Gasteiger partial charge in [-0.05, 0) is 12.3 Å². The summed E-state index contributed by atoms with van der Waals surface area (Å²) in [6, 6.07) is 2.51. The smallest absolute Gasteiger partial charge is 0.305 e. The number of rotatable bonds is 5. The Morgan fingerprint density at radius 1 is 1.65 bits per heavy atom. The predicted molar refractivity (Wildman–Crippen MR) is 67.5 cm³/mol. The first-order chi connectivity index (χ1) is 8.04. The van der Waals surface area contributed by atoms with E-state index < -0.39 is 4.92 Å². The lowest BCUT2D eigenvalue weighted by atomic mass is 10.3. The summed E-state index contributed by atoms with van der Waals surface area (Å²) in [7, 11) is 0. The number of halogens is 1. The van der Waals surface area contributed by atoms with E-state index in [4.69, 9.17) is 11.6 Å². The van der Waals surface area contributed by atoms with Crippen LogP contribution in [0.3, 0.4) is 0 Å². The first-order valence-corrected chi connectivity index (χ1v) is 6.41. The van der Waals surface area contributed by atoms with Gasteiger partial charge in [-0.3, -0.25) is 14.9 Å². The summed E-state index contributed by atoms with van der Waals surface area (Å²) < 4.78 is 0. The molecule has 8 heteroatoms. The third-order valence-electron chi connectivity index (χ3n) is 1.83. The number of anilines is 1. The molecule has 1 amide bonds. The normalized spacial score (nSPS) is 10.0. The Balaban J connectivity index is 2.85. The molecular weight excluding hydrogens is 266 g/mol. The molecule has 92 valence electrons. The minimum absolute atomic E-state index is 0.0933. The molecule has 0 atom stereocenters. The zero-order valence-electron chi connectivity index (χ0n) is 8.97. The second-order valence-electron chi connectivity index (χ2n) is 3.05. The van der Waals surface area contributed by atoms with E-state index >= 15 is 0 Å². The van der Waals surface area contributed by atoms with Gasteiger partial charge in [0.05, 0.1) is 4.92 Å². The lowest BCUT2D eigenvalue weighted by Gasteiger charge is -2.04. The van der Waals surface area contributed by atoms with E-state index in [0.29, 0.717) is 5.75 Å². The van der Waals surface area contributed by atoms with E-state index in [1.807, 2.05) is 6.26 Å². The molecule has 1 aromatic rings. The van der Waals surface area contributed by atoms with Gasteiger partial charge in [0.2, 0.25) is 11.7 Å². The van der Waals surface area contributed by atoms with Crippen LogP contribution in [0.15, 0.2) is 12.1 Å². The highest BCUT2D eigenvalue weighted by Gasteiger charge is 2.17. The largest absolute Gasteiger partial charge is 0.311 e. The van der Waals surface area contributed by atoms with E-state index in [-0.39, 0.29) is 29.0 Å². The maximum atomic E-state index is 11.4. The molecule has 0 aliphatic carbocycles. The van der Waals surface area contributed by atoms with Crippen LogP contribution in [0.5, 0.6) is 0 Å². The van der Waals surface area contributed by atoms with Crippen LogP contribution in [0.2, 0.25) is 5.15 Å². The fourth-order valence-electron chi connectivity index (χ4n) is 1.06. The number of nitrogens with one attached hydrogen (secondary N) is 1. The van der Waals surface area contributed by atoms with Crippen molar-refractivity contribution < 1.29 is 9.72 Å². The molecule has 1 N–H and O–H groups in total. The maximum absolute atomic E-state index is 11.4. The Morgan fingerprint density at radius 2 is 2.35 bits per heavy atom. The molecule has 1 heterocycles. The summed E-state index contributed by atoms with van der Waals surface area (Å²) in [6.07, 6.45) is 2.14. The summed E-state index contributed by atoms with van der Waals surface area (Å²) in [6.45, 7) is 0. The molecule has 0 spiro atoms. The Hall–Kier alpha value is -1.34. The maximum Gasteiger partial charge on any atom is 0.311 e. The molecule has 0 radical (unpaired) electrons. The summed E-state index contributed by atoms with van der Waals surface area (Å²) in [5.41, 5.74) is -0.271. The summed E-state index contributed by atoms with van der Waals surface area (Å²) in [5.74, 6) is 0.200. The van der Waals surface area contributed by atoms with Gasteiger partial charge in [-0.15, -0.1) is 0 Å². The molecule has 0 unspecified atom stereocenters. The van der Waals surface area contributed by atoms with Crippen LogP contribution in [-0.2, 0) is 4.79 Å². The monoisotopic (exact) mass is 275 g/mol. The number of aromatic nitrogens is 1. The third kappa shape index (κ3) is 4.20. The summed E-state index contributed by atoms with van der Waals surface area (Å²) >= 11 is 7.13. The van der Waals surface area contributed by atoms with Gasteiger partial charge in [-0.2, -0.15) is 11.8 Å². The van der Waals surface area contributed by atoms with Crippen molar-refractivity contribution in [2.75, 3.05) is 17.3 Å². The van der Waals surface area contributed by atoms with Gasteiger partial charge in [0, 0.05) is 18.2 Å².